The van der Waals surface area contributed by atoms with Crippen LogP contribution in [0, 0.1) is 0 Å². The Morgan fingerprint density at radius 3 is 2.29 bits per heavy atom. The lowest BCUT2D eigenvalue weighted by molar-refractivity contribution is -0.142. The molecule has 2 aromatic rings. The summed E-state index contributed by atoms with van der Waals surface area (Å²) in [6.45, 7) is 4.24. The Balaban J connectivity index is 2.44. The van der Waals surface area contributed by atoms with Gasteiger partial charge in [0.2, 0.25) is 0 Å². The number of hydrogen-bond donors (Lipinski definition) is 0. The van der Waals surface area contributed by atoms with Gasteiger partial charge in [-0.25, -0.2) is 4.79 Å². The van der Waals surface area contributed by atoms with Gasteiger partial charge in [0, 0.05) is 0 Å². The minimum Gasteiger partial charge on any atom is -0.466 e. The highest BCUT2D eigenvalue weighted by molar-refractivity contribution is 6.05. The largest absolute Gasteiger partial charge is 0.466 e. The number of hydrogen-bond acceptors (Lipinski definition) is 4. The van der Waals surface area contributed by atoms with E-state index < -0.39 is 0 Å². The average Bonchev–Trinajstić information content (AvgIpc) is 2.47. The van der Waals surface area contributed by atoms with Crippen LogP contribution >= 0.6 is 0 Å². The molecule has 21 heavy (non-hydrogen) atoms. The van der Waals surface area contributed by atoms with Gasteiger partial charge in [-0.3, -0.25) is 4.79 Å². The van der Waals surface area contributed by atoms with Gasteiger partial charge in [0.15, 0.2) is 0 Å². The predicted octanol–water partition coefficient (Wildman–Crippen LogP) is 3.12. The zero-order valence-electron chi connectivity index (χ0n) is 12.2. The van der Waals surface area contributed by atoms with E-state index in [1.165, 1.54) is 0 Å². The Hall–Kier alpha value is -2.36. The van der Waals surface area contributed by atoms with Gasteiger partial charge in [-0.05, 0) is 36.2 Å². The van der Waals surface area contributed by atoms with Gasteiger partial charge in [0.05, 0.1) is 25.2 Å². The minimum atomic E-state index is -0.351. The van der Waals surface area contributed by atoms with Crippen molar-refractivity contribution in [3.8, 4) is 0 Å². The highest BCUT2D eigenvalue weighted by Gasteiger charge is 2.13. The summed E-state index contributed by atoms with van der Waals surface area (Å²) >= 11 is 0. The Bertz CT molecular complexity index is 661. The van der Waals surface area contributed by atoms with E-state index in [0.717, 1.165) is 16.3 Å². The van der Waals surface area contributed by atoms with E-state index in [1.54, 1.807) is 26.0 Å². The lowest BCUT2D eigenvalue weighted by Gasteiger charge is -2.10. The Kier molecular flexibility index (Phi) is 4.93. The van der Waals surface area contributed by atoms with Crippen LogP contribution in [0.4, 0.5) is 0 Å². The fraction of sp³-hybridized carbons (Fsp3) is 0.294. The van der Waals surface area contributed by atoms with Crippen molar-refractivity contribution in [2.24, 2.45) is 0 Å². The molecule has 2 aromatic carbocycles. The number of rotatable bonds is 5. The number of esters is 2. The van der Waals surface area contributed by atoms with E-state index in [-0.39, 0.29) is 18.4 Å². The van der Waals surface area contributed by atoms with Crippen molar-refractivity contribution in [3.05, 3.63) is 47.5 Å². The molecule has 0 aromatic heterocycles. The highest BCUT2D eigenvalue weighted by Crippen LogP contribution is 2.24. The molecular weight excluding hydrogens is 268 g/mol. The second-order valence-corrected chi connectivity index (χ2v) is 4.52. The van der Waals surface area contributed by atoms with Crippen molar-refractivity contribution in [3.63, 3.8) is 0 Å². The summed E-state index contributed by atoms with van der Waals surface area (Å²) in [5.41, 5.74) is 1.36. The van der Waals surface area contributed by atoms with E-state index in [1.807, 2.05) is 24.3 Å². The maximum absolute atomic E-state index is 12.0. The van der Waals surface area contributed by atoms with Gasteiger partial charge < -0.3 is 9.47 Å². The third-order valence-electron chi connectivity index (χ3n) is 3.15. The van der Waals surface area contributed by atoms with Crippen molar-refractivity contribution in [1.82, 2.24) is 0 Å². The van der Waals surface area contributed by atoms with Crippen LogP contribution in [0.25, 0.3) is 10.8 Å². The van der Waals surface area contributed by atoms with Crippen molar-refractivity contribution in [1.29, 1.82) is 0 Å². The molecule has 0 fully saturated rings. The van der Waals surface area contributed by atoms with Gasteiger partial charge in [-0.2, -0.15) is 0 Å². The zero-order valence-corrected chi connectivity index (χ0v) is 12.2. The topological polar surface area (TPSA) is 52.6 Å². The molecule has 0 N–H and O–H groups in total. The highest BCUT2D eigenvalue weighted by atomic mass is 16.5. The molecule has 0 aliphatic rings. The Morgan fingerprint density at radius 2 is 1.57 bits per heavy atom. The molecule has 0 saturated heterocycles. The van der Waals surface area contributed by atoms with Crippen LogP contribution in [-0.2, 0) is 20.7 Å². The monoisotopic (exact) mass is 286 g/mol. The lowest BCUT2D eigenvalue weighted by atomic mass is 9.98. The molecule has 110 valence electrons. The molecule has 4 heteroatoms. The first-order chi connectivity index (χ1) is 10.2. The van der Waals surface area contributed by atoms with Crippen molar-refractivity contribution in [2.75, 3.05) is 13.2 Å². The fourth-order valence-electron chi connectivity index (χ4n) is 2.28. The van der Waals surface area contributed by atoms with Gasteiger partial charge in [0.1, 0.15) is 0 Å². The molecule has 0 radical (unpaired) electrons. The van der Waals surface area contributed by atoms with E-state index in [4.69, 9.17) is 9.47 Å². The van der Waals surface area contributed by atoms with E-state index in [9.17, 15) is 9.59 Å². The summed E-state index contributed by atoms with van der Waals surface area (Å²) in [5.74, 6) is -0.622. The van der Waals surface area contributed by atoms with Crippen LogP contribution in [0.5, 0.6) is 0 Å². The van der Waals surface area contributed by atoms with Crippen LogP contribution < -0.4 is 0 Å². The third-order valence-corrected chi connectivity index (χ3v) is 3.15. The first kappa shape index (κ1) is 15.0. The van der Waals surface area contributed by atoms with E-state index in [2.05, 4.69) is 0 Å². The number of ether oxygens (including phenoxy) is 2. The molecule has 4 nitrogen and oxygen atoms in total. The van der Waals surface area contributed by atoms with E-state index >= 15 is 0 Å². The van der Waals surface area contributed by atoms with Crippen molar-refractivity contribution < 1.29 is 19.1 Å². The lowest BCUT2D eigenvalue weighted by Crippen LogP contribution is -2.09. The molecule has 0 bridgehead atoms. The SMILES string of the molecule is CCOC(=O)Cc1cccc2c(C(=O)OCC)cccc12. The maximum Gasteiger partial charge on any atom is 0.338 e. The standard InChI is InChI=1S/C17H18O4/c1-3-20-16(18)11-12-7-5-9-14-13(12)8-6-10-15(14)17(19)21-4-2/h5-10H,3-4,11H2,1-2H3. The second-order valence-electron chi connectivity index (χ2n) is 4.52. The van der Waals surface area contributed by atoms with Gasteiger partial charge in [-0.15, -0.1) is 0 Å². The number of benzene rings is 2. The first-order valence-corrected chi connectivity index (χ1v) is 7.00. The molecule has 2 rings (SSSR count). The normalized spacial score (nSPS) is 10.4. The molecular formula is C17H18O4. The molecule has 0 aliphatic carbocycles. The molecule has 0 unspecified atom stereocenters. The molecule has 0 amide bonds. The fourth-order valence-corrected chi connectivity index (χ4v) is 2.28. The zero-order chi connectivity index (χ0) is 15.2. The molecule has 0 atom stereocenters. The Labute approximate surface area is 123 Å². The Morgan fingerprint density at radius 1 is 0.905 bits per heavy atom. The summed E-state index contributed by atoms with van der Waals surface area (Å²) in [5, 5.41) is 1.66. The first-order valence-electron chi connectivity index (χ1n) is 7.00. The van der Waals surface area contributed by atoms with Crippen molar-refractivity contribution >= 4 is 22.7 Å². The summed E-state index contributed by atoms with van der Waals surface area (Å²) < 4.78 is 10.0. The smallest absolute Gasteiger partial charge is 0.338 e. The van der Waals surface area contributed by atoms with Crippen LogP contribution in [0.2, 0.25) is 0 Å². The van der Waals surface area contributed by atoms with Crippen LogP contribution in [0.3, 0.4) is 0 Å². The summed E-state index contributed by atoms with van der Waals surface area (Å²) in [6.07, 6.45) is 0.192. The third kappa shape index (κ3) is 3.40. The van der Waals surface area contributed by atoms with E-state index in [0.29, 0.717) is 18.8 Å². The van der Waals surface area contributed by atoms with Gasteiger partial charge in [-0.1, -0.05) is 30.3 Å². The molecule has 0 aliphatic heterocycles. The minimum absolute atomic E-state index is 0.192. The maximum atomic E-state index is 12.0. The molecule has 0 heterocycles. The van der Waals surface area contributed by atoms with Crippen LogP contribution in [0.15, 0.2) is 36.4 Å². The van der Waals surface area contributed by atoms with Gasteiger partial charge >= 0.3 is 11.9 Å². The van der Waals surface area contributed by atoms with Crippen LogP contribution in [-0.4, -0.2) is 25.2 Å². The number of fused-ring (bicyclic) bond motifs is 1. The summed E-state index contributed by atoms with van der Waals surface area (Å²) in [7, 11) is 0. The summed E-state index contributed by atoms with van der Waals surface area (Å²) in [4.78, 5) is 23.6. The van der Waals surface area contributed by atoms with Crippen LogP contribution in [0.1, 0.15) is 29.8 Å². The quantitative estimate of drug-likeness (QED) is 0.792. The second kappa shape index (κ2) is 6.88. The number of carbonyl (C=O) groups is 2. The molecule has 0 spiro atoms. The predicted molar refractivity (Wildman–Crippen MR) is 80.2 cm³/mol. The van der Waals surface area contributed by atoms with Crippen molar-refractivity contribution in [2.45, 2.75) is 20.3 Å². The average molecular weight is 286 g/mol. The number of carbonyl (C=O) groups excluding carboxylic acids is 2. The summed E-state index contributed by atoms with van der Waals surface area (Å²) in [6, 6.07) is 11.0. The van der Waals surface area contributed by atoms with Gasteiger partial charge in [0.25, 0.3) is 0 Å². The molecule has 0 saturated carbocycles.